The van der Waals surface area contributed by atoms with Crippen molar-refractivity contribution in [1.29, 1.82) is 0 Å². The zero-order valence-electron chi connectivity index (χ0n) is 44.3. The molecule has 0 aromatic rings. The molecule has 106 heavy (non-hydrogen) atoms. The van der Waals surface area contributed by atoms with E-state index in [0.717, 1.165) is 0 Å². The third-order valence-corrected chi connectivity index (χ3v) is 14.0. The Kier molecular flexibility index (Phi) is 27.6. The first-order valence-electron chi connectivity index (χ1n) is 20.8. The van der Waals surface area contributed by atoms with Gasteiger partial charge in [-0.2, -0.15) is 277 Å². The van der Waals surface area contributed by atoms with E-state index in [1.807, 2.05) is 0 Å². The van der Waals surface area contributed by atoms with Crippen LogP contribution in [0.5, 0.6) is 0 Å². The van der Waals surface area contributed by atoms with Gasteiger partial charge in [-0.15, -0.1) is 0 Å². The van der Waals surface area contributed by atoms with E-state index in [4.69, 9.17) is 0 Å². The second-order valence-corrected chi connectivity index (χ2v) is 22.5. The molecule has 0 aromatic heterocycles. The number of hydrogen-bond donors (Lipinski definition) is 0. The number of rotatable bonds is 27. The Morgan fingerprint density at radius 1 is 0.123 bits per heavy atom. The first-order valence-corrected chi connectivity index (χ1v) is 25.0. The van der Waals surface area contributed by atoms with Gasteiger partial charge in [0.15, 0.2) is 30.4 Å². The van der Waals surface area contributed by atoms with Crippen LogP contribution in [-0.4, -0.2) is 241 Å². The fourth-order valence-corrected chi connectivity index (χ4v) is 6.43. The molecule has 0 spiro atoms. The van der Waals surface area contributed by atoms with Crippen LogP contribution in [-0.2, 0) is 30.4 Å². The summed E-state index contributed by atoms with van der Waals surface area (Å²) in [5.74, 6) is -218. The minimum atomic E-state index is -9.40. The second-order valence-electron chi connectivity index (χ2n) is 18.2. The standard InChI is InChI=1S/3C10HF21O3S.In/c3*11-1(12,3(15,16)5(19,20)7(23,24)9(27,28)29)2(13,14)4(17,18)6(21,22)8(25,26)10(30,31)35(32,33)34;/h3*(H,32,33,34);/q;;;+3/p-3. The van der Waals surface area contributed by atoms with Crippen LogP contribution < -0.4 is 0 Å². The van der Waals surface area contributed by atoms with E-state index in [9.17, 15) is 316 Å². The normalized spacial score (nSPS) is 16.9. The monoisotopic (exact) mass is 1910 g/mol. The second kappa shape index (κ2) is 26.9. The molecule has 0 saturated carbocycles. The van der Waals surface area contributed by atoms with Crippen LogP contribution in [0.3, 0.4) is 0 Å². The fourth-order valence-electron chi connectivity index (χ4n) is 5.10. The number of halogens is 63. The molecule has 0 N–H and O–H groups in total. The van der Waals surface area contributed by atoms with E-state index in [1.54, 1.807) is 0 Å². The molecule has 0 saturated heterocycles. The van der Waals surface area contributed by atoms with Gasteiger partial charge in [0, 0.05) is 0 Å². The Balaban J connectivity index is -0.000000733. The smallest absolute Gasteiger partial charge is 0.743 e. The summed E-state index contributed by atoms with van der Waals surface area (Å²) in [6.07, 6.45) is -24.3. The Morgan fingerprint density at radius 3 is 0.236 bits per heavy atom. The van der Waals surface area contributed by atoms with Crippen LogP contribution in [0.15, 0.2) is 0 Å². The Labute approximate surface area is 548 Å². The van der Waals surface area contributed by atoms with E-state index < -0.39 is 207 Å². The van der Waals surface area contributed by atoms with Crippen LogP contribution in [0, 0.1) is 0 Å². The van der Waals surface area contributed by atoms with Crippen LogP contribution >= 0.6 is 0 Å². The molecule has 0 rings (SSSR count). The van der Waals surface area contributed by atoms with Crippen LogP contribution in [0.4, 0.5) is 277 Å². The number of alkyl halides is 63. The molecule has 0 radical (unpaired) electrons. The van der Waals surface area contributed by atoms with Crippen LogP contribution in [0.25, 0.3) is 0 Å². The Morgan fingerprint density at radius 2 is 0.179 bits per heavy atom. The quantitative estimate of drug-likeness (QED) is 0.0573. The molecule has 0 aliphatic heterocycles. The van der Waals surface area contributed by atoms with Crippen molar-refractivity contribution in [3.63, 3.8) is 0 Å². The van der Waals surface area contributed by atoms with Crippen LogP contribution in [0.2, 0.25) is 0 Å². The predicted molar refractivity (Wildman–Crippen MR) is 187 cm³/mol. The van der Waals surface area contributed by atoms with Crippen molar-refractivity contribution in [1.82, 2.24) is 0 Å². The van der Waals surface area contributed by atoms with E-state index in [0.29, 0.717) is 0 Å². The van der Waals surface area contributed by atoms with Gasteiger partial charge in [0.2, 0.25) is 0 Å². The van der Waals surface area contributed by atoms with Gasteiger partial charge < -0.3 is 13.7 Å². The van der Waals surface area contributed by atoms with Gasteiger partial charge in [-0.05, 0) is 0 Å². The zero-order valence-corrected chi connectivity index (χ0v) is 50.0. The average Bonchev–Trinajstić information content (AvgIpc) is 0.692. The summed E-state index contributed by atoms with van der Waals surface area (Å²) >= 11 is 0. The molecular formula is C30F63InO9S3. The Bertz CT molecular complexity index is 3100. The fraction of sp³-hybridized carbons (Fsp3) is 1.00. The Hall–Kier alpha value is -3.81. The van der Waals surface area contributed by atoms with Gasteiger partial charge in [0.1, 0.15) is 0 Å². The summed E-state index contributed by atoms with van der Waals surface area (Å²) < 4.78 is 899. The number of hydrogen-bond acceptors (Lipinski definition) is 9. The molecule has 76 heteroatoms. The van der Waals surface area contributed by atoms with Gasteiger partial charge in [0.25, 0.3) is 0 Å². The third kappa shape index (κ3) is 13.9. The predicted octanol–water partition coefficient (Wildman–Crippen LogP) is 16.9. The van der Waals surface area contributed by atoms with Crippen molar-refractivity contribution in [3.05, 3.63) is 0 Å². The molecule has 0 aliphatic carbocycles. The molecule has 0 aliphatic rings. The maximum absolute atomic E-state index is 13.3. The third-order valence-electron chi connectivity index (χ3n) is 11.4. The van der Waals surface area contributed by atoms with Gasteiger partial charge in [-0.1, -0.05) is 0 Å². The molecule has 0 heterocycles. The summed E-state index contributed by atoms with van der Waals surface area (Å²) in [4.78, 5) is 0. The van der Waals surface area contributed by atoms with Gasteiger partial charge in [-0.3, -0.25) is 0 Å². The zero-order chi connectivity index (χ0) is 88.5. The summed E-state index contributed by atoms with van der Waals surface area (Å²) in [5, 5.41) is -24.5. The van der Waals surface area contributed by atoms with E-state index in [2.05, 4.69) is 0 Å². The maximum atomic E-state index is 13.3. The SMILES string of the molecule is O=S(=O)([O-])C(F)(F)C(F)(F)C(F)(F)C(F)(F)C(F)(F)C(F)(F)C(F)(F)C(F)(F)C(F)(F)C(F)(F)F.O=S(=O)([O-])C(F)(F)C(F)(F)C(F)(F)C(F)(F)C(F)(F)C(F)(F)C(F)(F)C(F)(F)C(F)(F)C(F)(F)F.O=S(=O)([O-])C(F)(F)C(F)(F)C(F)(F)C(F)(F)C(F)(F)C(F)(F)C(F)(F)C(F)(F)C(F)(F)C(F)(F)F.[In+3]. The molecule has 9 nitrogen and oxygen atoms in total. The average molecular weight is 1910 g/mol. The first-order chi connectivity index (χ1) is 43.5. The molecule has 636 valence electrons. The van der Waals surface area contributed by atoms with Gasteiger partial charge in [0.05, 0.1) is 0 Å². The molecular weight excluding hydrogens is 1910 g/mol. The van der Waals surface area contributed by atoms with Crippen molar-refractivity contribution in [2.75, 3.05) is 0 Å². The van der Waals surface area contributed by atoms with E-state index >= 15 is 0 Å². The molecule has 0 bridgehead atoms. The largest absolute Gasteiger partial charge is 3.00 e. The molecule has 0 amide bonds. The molecule has 0 atom stereocenters. The van der Waals surface area contributed by atoms with E-state index in [-0.39, 0.29) is 25.8 Å². The van der Waals surface area contributed by atoms with Crippen molar-refractivity contribution in [2.24, 2.45) is 0 Å². The maximum Gasteiger partial charge on any atom is 3.00 e. The first kappa shape index (κ1) is 109. The minimum absolute atomic E-state index is 0. The van der Waals surface area contributed by atoms with Crippen molar-refractivity contribution < 1.29 is 316 Å². The summed E-state index contributed by atoms with van der Waals surface area (Å²) in [6, 6.07) is 0. The van der Waals surface area contributed by atoms with Crippen molar-refractivity contribution >= 4 is 56.2 Å². The molecule has 0 aromatic carbocycles. The van der Waals surface area contributed by atoms with Gasteiger partial charge >= 0.3 is 202 Å². The summed E-state index contributed by atoms with van der Waals surface area (Å²) in [5.41, 5.74) is 0. The summed E-state index contributed by atoms with van der Waals surface area (Å²) in [6.45, 7) is 0. The minimum Gasteiger partial charge on any atom is -0.743 e. The topological polar surface area (TPSA) is 172 Å². The van der Waals surface area contributed by atoms with Crippen molar-refractivity contribution in [2.45, 2.75) is 176 Å². The summed E-state index contributed by atoms with van der Waals surface area (Å²) in [7, 11) is -25.0. The molecule has 0 fully saturated rings. The van der Waals surface area contributed by atoms with Crippen LogP contribution in [0.1, 0.15) is 0 Å². The van der Waals surface area contributed by atoms with E-state index in [1.165, 1.54) is 0 Å². The van der Waals surface area contributed by atoms with Crippen molar-refractivity contribution in [3.8, 4) is 0 Å². The molecule has 0 unspecified atom stereocenters. The van der Waals surface area contributed by atoms with Gasteiger partial charge in [-0.25, -0.2) is 25.3 Å².